The SMILES string of the molecule is CC1(C)[C@@H](NC(=O)/C=C/c2ccc3c(c2)CCO3)CS1(=O)=O. The van der Waals surface area contributed by atoms with Gasteiger partial charge in [-0.3, -0.25) is 4.79 Å². The molecule has 0 unspecified atom stereocenters. The van der Waals surface area contributed by atoms with E-state index in [1.54, 1.807) is 19.9 Å². The molecule has 0 saturated carbocycles. The van der Waals surface area contributed by atoms with Gasteiger partial charge in [0.05, 0.1) is 23.1 Å². The second kappa shape index (κ2) is 5.12. The Hall–Kier alpha value is -1.82. The van der Waals surface area contributed by atoms with Gasteiger partial charge in [0, 0.05) is 12.5 Å². The highest BCUT2D eigenvalue weighted by Crippen LogP contribution is 2.33. The van der Waals surface area contributed by atoms with Crippen molar-refractivity contribution in [2.45, 2.75) is 31.1 Å². The number of fused-ring (bicyclic) bond motifs is 1. The van der Waals surface area contributed by atoms with Gasteiger partial charge in [-0.25, -0.2) is 8.42 Å². The van der Waals surface area contributed by atoms with Gasteiger partial charge in [0.25, 0.3) is 0 Å². The normalized spacial score (nSPS) is 24.4. The number of sulfone groups is 1. The lowest BCUT2D eigenvalue weighted by Gasteiger charge is -2.43. The summed E-state index contributed by atoms with van der Waals surface area (Å²) in [5, 5.41) is 2.76. The Labute approximate surface area is 130 Å². The summed E-state index contributed by atoms with van der Waals surface area (Å²) in [5.41, 5.74) is 2.08. The number of nitrogens with one attached hydrogen (secondary N) is 1. The Balaban J connectivity index is 1.63. The van der Waals surface area contributed by atoms with Crippen molar-refractivity contribution in [3.63, 3.8) is 0 Å². The third-order valence-corrected chi connectivity index (χ3v) is 7.14. The summed E-state index contributed by atoms with van der Waals surface area (Å²) in [6.07, 6.45) is 4.06. The molecule has 3 rings (SSSR count). The molecule has 0 aliphatic carbocycles. The Morgan fingerprint density at radius 1 is 1.41 bits per heavy atom. The smallest absolute Gasteiger partial charge is 0.244 e. The first kappa shape index (κ1) is 15.1. The fourth-order valence-electron chi connectivity index (χ4n) is 2.67. The number of rotatable bonds is 3. The summed E-state index contributed by atoms with van der Waals surface area (Å²) < 4.78 is 27.8. The zero-order valence-electron chi connectivity index (χ0n) is 12.6. The van der Waals surface area contributed by atoms with Crippen molar-refractivity contribution >= 4 is 21.8 Å². The molecule has 2 aliphatic heterocycles. The van der Waals surface area contributed by atoms with Crippen LogP contribution in [0.4, 0.5) is 0 Å². The molecule has 0 bridgehead atoms. The van der Waals surface area contributed by atoms with E-state index in [0.717, 1.165) is 23.3 Å². The predicted octanol–water partition coefficient (Wildman–Crippen LogP) is 1.33. The van der Waals surface area contributed by atoms with Crippen LogP contribution in [0.3, 0.4) is 0 Å². The molecule has 22 heavy (non-hydrogen) atoms. The molecule has 1 N–H and O–H groups in total. The van der Waals surface area contributed by atoms with E-state index in [0.29, 0.717) is 6.61 Å². The maximum atomic E-state index is 11.9. The third-order valence-electron chi connectivity index (χ3n) is 4.48. The minimum Gasteiger partial charge on any atom is -0.493 e. The van der Waals surface area contributed by atoms with Crippen molar-refractivity contribution in [3.05, 3.63) is 35.4 Å². The lowest BCUT2D eigenvalue weighted by molar-refractivity contribution is -0.117. The van der Waals surface area contributed by atoms with Crippen LogP contribution in [-0.4, -0.2) is 37.5 Å². The molecule has 5 nitrogen and oxygen atoms in total. The fraction of sp³-hybridized carbons (Fsp3) is 0.438. The first-order valence-electron chi connectivity index (χ1n) is 7.26. The maximum Gasteiger partial charge on any atom is 0.244 e. The molecule has 2 aliphatic rings. The summed E-state index contributed by atoms with van der Waals surface area (Å²) in [7, 11) is -3.08. The lowest BCUT2D eigenvalue weighted by Crippen LogP contribution is -2.66. The molecular formula is C16H19NO4S. The molecule has 1 amide bonds. The largest absolute Gasteiger partial charge is 0.493 e. The van der Waals surface area contributed by atoms with Crippen LogP contribution < -0.4 is 10.1 Å². The van der Waals surface area contributed by atoms with Crippen molar-refractivity contribution in [3.8, 4) is 5.75 Å². The molecule has 1 aromatic carbocycles. The molecule has 0 radical (unpaired) electrons. The fourth-order valence-corrected chi connectivity index (χ4v) is 4.32. The van der Waals surface area contributed by atoms with Crippen LogP contribution in [0.2, 0.25) is 0 Å². The van der Waals surface area contributed by atoms with Gasteiger partial charge in [0.15, 0.2) is 9.84 Å². The maximum absolute atomic E-state index is 11.9. The second-order valence-electron chi connectivity index (χ2n) is 6.24. The summed E-state index contributed by atoms with van der Waals surface area (Å²) in [4.78, 5) is 11.9. The van der Waals surface area contributed by atoms with E-state index in [9.17, 15) is 13.2 Å². The number of benzene rings is 1. The molecule has 2 heterocycles. The van der Waals surface area contributed by atoms with Gasteiger partial charge in [-0.05, 0) is 43.2 Å². The van der Waals surface area contributed by atoms with Crippen LogP contribution in [-0.2, 0) is 21.1 Å². The average molecular weight is 321 g/mol. The highest BCUT2D eigenvalue weighted by Gasteiger charge is 2.53. The van der Waals surface area contributed by atoms with Crippen LogP contribution in [0, 0.1) is 0 Å². The van der Waals surface area contributed by atoms with E-state index < -0.39 is 14.6 Å². The number of carbonyl (C=O) groups is 1. The van der Waals surface area contributed by atoms with E-state index in [-0.39, 0.29) is 17.7 Å². The van der Waals surface area contributed by atoms with E-state index in [2.05, 4.69) is 5.32 Å². The zero-order chi connectivity index (χ0) is 16.0. The number of hydrogen-bond donors (Lipinski definition) is 1. The van der Waals surface area contributed by atoms with Crippen LogP contribution in [0.1, 0.15) is 25.0 Å². The van der Waals surface area contributed by atoms with Crippen LogP contribution in [0.25, 0.3) is 6.08 Å². The van der Waals surface area contributed by atoms with Crippen LogP contribution in [0.15, 0.2) is 24.3 Å². The minimum absolute atomic E-state index is 0.00969. The molecule has 1 saturated heterocycles. The highest BCUT2D eigenvalue weighted by atomic mass is 32.2. The Kier molecular flexibility index (Phi) is 3.51. The molecule has 118 valence electrons. The highest BCUT2D eigenvalue weighted by molar-refractivity contribution is 7.94. The molecule has 1 fully saturated rings. The number of hydrogen-bond acceptors (Lipinski definition) is 4. The van der Waals surface area contributed by atoms with Crippen molar-refractivity contribution < 1.29 is 17.9 Å². The van der Waals surface area contributed by atoms with Crippen molar-refractivity contribution in [2.24, 2.45) is 0 Å². The number of carbonyl (C=O) groups excluding carboxylic acids is 1. The minimum atomic E-state index is -3.08. The first-order valence-corrected chi connectivity index (χ1v) is 8.91. The van der Waals surface area contributed by atoms with E-state index in [4.69, 9.17) is 4.74 Å². The first-order chi connectivity index (χ1) is 10.3. The van der Waals surface area contributed by atoms with Gasteiger partial charge in [-0.15, -0.1) is 0 Å². The molecule has 0 aromatic heterocycles. The van der Waals surface area contributed by atoms with Gasteiger partial charge >= 0.3 is 0 Å². The van der Waals surface area contributed by atoms with Crippen LogP contribution in [0.5, 0.6) is 5.75 Å². The monoisotopic (exact) mass is 321 g/mol. The number of ether oxygens (including phenoxy) is 1. The average Bonchev–Trinajstić information content (AvgIpc) is 2.91. The van der Waals surface area contributed by atoms with E-state index in [1.165, 1.54) is 6.08 Å². The van der Waals surface area contributed by atoms with Crippen molar-refractivity contribution in [1.82, 2.24) is 5.32 Å². The standard InChI is InChI=1S/C16H19NO4S/c1-16(2)14(10-22(16,19)20)17-15(18)6-4-11-3-5-13-12(9-11)7-8-21-13/h3-6,9,14H,7-8,10H2,1-2H3,(H,17,18)/b6-4+/t14-/m0/s1. The summed E-state index contributed by atoms with van der Waals surface area (Å²) in [6, 6.07) is 5.47. The lowest BCUT2D eigenvalue weighted by atomic mass is 10.0. The zero-order valence-corrected chi connectivity index (χ0v) is 13.4. The predicted molar refractivity (Wildman–Crippen MR) is 84.5 cm³/mol. The van der Waals surface area contributed by atoms with Gasteiger partial charge in [0.1, 0.15) is 5.75 Å². The van der Waals surface area contributed by atoms with Gasteiger partial charge < -0.3 is 10.1 Å². The third kappa shape index (κ3) is 2.52. The van der Waals surface area contributed by atoms with Crippen LogP contribution >= 0.6 is 0 Å². The molecule has 0 spiro atoms. The summed E-state index contributed by atoms with van der Waals surface area (Å²) >= 11 is 0. The van der Waals surface area contributed by atoms with E-state index >= 15 is 0 Å². The molecular weight excluding hydrogens is 302 g/mol. The Bertz CT molecular complexity index is 749. The Morgan fingerprint density at radius 2 is 2.18 bits per heavy atom. The Morgan fingerprint density at radius 3 is 2.86 bits per heavy atom. The van der Waals surface area contributed by atoms with Crippen molar-refractivity contribution in [2.75, 3.05) is 12.4 Å². The van der Waals surface area contributed by atoms with Crippen molar-refractivity contribution in [1.29, 1.82) is 0 Å². The molecule has 1 aromatic rings. The summed E-state index contributed by atoms with van der Waals surface area (Å²) in [5.74, 6) is 0.642. The van der Waals surface area contributed by atoms with Gasteiger partial charge in [0.2, 0.25) is 5.91 Å². The molecule has 6 heteroatoms. The second-order valence-corrected chi connectivity index (χ2v) is 8.86. The quantitative estimate of drug-likeness (QED) is 0.853. The summed E-state index contributed by atoms with van der Waals surface area (Å²) in [6.45, 7) is 3.98. The van der Waals surface area contributed by atoms with E-state index in [1.807, 2.05) is 18.2 Å². The molecule has 1 atom stereocenters. The number of amides is 1. The van der Waals surface area contributed by atoms with Gasteiger partial charge in [-0.2, -0.15) is 0 Å². The topological polar surface area (TPSA) is 72.5 Å². The van der Waals surface area contributed by atoms with Gasteiger partial charge in [-0.1, -0.05) is 6.07 Å².